The quantitative estimate of drug-likeness (QED) is 0.549. The highest BCUT2D eigenvalue weighted by Gasteiger charge is 2.25. The SMILES string of the molecule is O=C1C=CC(=O)C=C1.O=C1NC(=O)c2ccccc21. The molecule has 0 atom stereocenters. The number of amides is 2. The van der Waals surface area contributed by atoms with Crippen LogP contribution >= 0.6 is 0 Å². The summed E-state index contributed by atoms with van der Waals surface area (Å²) in [7, 11) is 0. The summed E-state index contributed by atoms with van der Waals surface area (Å²) in [6.45, 7) is 0. The van der Waals surface area contributed by atoms with Gasteiger partial charge in [0, 0.05) is 0 Å². The van der Waals surface area contributed by atoms with Crippen LogP contribution in [0.2, 0.25) is 0 Å². The summed E-state index contributed by atoms with van der Waals surface area (Å²) in [5.41, 5.74) is 0.940. The van der Waals surface area contributed by atoms with Gasteiger partial charge in [0.15, 0.2) is 11.6 Å². The molecule has 0 unspecified atom stereocenters. The van der Waals surface area contributed by atoms with E-state index in [1.165, 1.54) is 24.3 Å². The van der Waals surface area contributed by atoms with Gasteiger partial charge in [0.25, 0.3) is 11.8 Å². The molecule has 94 valence electrons. The van der Waals surface area contributed by atoms with Crippen molar-refractivity contribution in [1.82, 2.24) is 5.32 Å². The van der Waals surface area contributed by atoms with Gasteiger partial charge in [-0.2, -0.15) is 0 Å². The van der Waals surface area contributed by atoms with E-state index in [0.717, 1.165) is 0 Å². The van der Waals surface area contributed by atoms with Crippen LogP contribution in [0, 0.1) is 0 Å². The minimum Gasteiger partial charge on any atom is -0.290 e. The monoisotopic (exact) mass is 255 g/mol. The number of benzene rings is 1. The number of nitrogens with one attached hydrogen (secondary N) is 1. The van der Waals surface area contributed by atoms with Gasteiger partial charge >= 0.3 is 0 Å². The van der Waals surface area contributed by atoms with E-state index in [9.17, 15) is 19.2 Å². The standard InChI is InChI=1S/C8H5NO2.C6H4O2/c10-7-5-3-1-2-4-6(5)8(11)9-7;7-5-1-2-6(8)4-3-5/h1-4H,(H,9,10,11);1-4H. The van der Waals surface area contributed by atoms with Crippen molar-refractivity contribution >= 4 is 23.4 Å². The highest BCUT2D eigenvalue weighted by atomic mass is 16.2. The van der Waals surface area contributed by atoms with Crippen molar-refractivity contribution in [2.24, 2.45) is 0 Å². The Morgan fingerprint density at radius 3 is 1.37 bits per heavy atom. The Labute approximate surface area is 108 Å². The first-order chi connectivity index (χ1) is 9.08. The number of allylic oxidation sites excluding steroid dienone is 4. The summed E-state index contributed by atoms with van der Waals surface area (Å²) in [5, 5.41) is 2.20. The Morgan fingerprint density at radius 2 is 1.00 bits per heavy atom. The van der Waals surface area contributed by atoms with Crippen LogP contribution < -0.4 is 5.32 Å². The topological polar surface area (TPSA) is 80.3 Å². The number of hydrogen-bond donors (Lipinski definition) is 1. The van der Waals surface area contributed by atoms with Gasteiger partial charge in [0.2, 0.25) is 0 Å². The van der Waals surface area contributed by atoms with Crippen LogP contribution in [0.4, 0.5) is 0 Å². The van der Waals surface area contributed by atoms with E-state index < -0.39 is 0 Å². The molecule has 2 aliphatic rings. The average molecular weight is 255 g/mol. The largest absolute Gasteiger partial charge is 0.290 e. The van der Waals surface area contributed by atoms with Crippen molar-refractivity contribution in [2.45, 2.75) is 0 Å². The summed E-state index contributed by atoms with van der Waals surface area (Å²) in [4.78, 5) is 42.5. The van der Waals surface area contributed by atoms with Crippen LogP contribution in [0.25, 0.3) is 0 Å². The molecule has 1 aromatic rings. The second-order valence-electron chi connectivity index (χ2n) is 3.80. The van der Waals surface area contributed by atoms with Gasteiger partial charge in [-0.25, -0.2) is 0 Å². The zero-order valence-corrected chi connectivity index (χ0v) is 9.75. The van der Waals surface area contributed by atoms with Crippen LogP contribution in [-0.4, -0.2) is 23.4 Å². The third-order valence-corrected chi connectivity index (χ3v) is 2.47. The number of hydrogen-bond acceptors (Lipinski definition) is 4. The van der Waals surface area contributed by atoms with Crippen LogP contribution in [0.15, 0.2) is 48.6 Å². The number of rotatable bonds is 0. The Balaban J connectivity index is 0.000000148. The zero-order chi connectivity index (χ0) is 13.8. The van der Waals surface area contributed by atoms with Crippen LogP contribution in [-0.2, 0) is 9.59 Å². The molecule has 1 aliphatic carbocycles. The van der Waals surface area contributed by atoms with Gasteiger partial charge in [0.1, 0.15) is 0 Å². The molecular formula is C14H9NO4. The fourth-order valence-electron chi connectivity index (χ4n) is 1.56. The van der Waals surface area contributed by atoms with Crippen molar-refractivity contribution in [3.05, 3.63) is 59.7 Å². The predicted octanol–water partition coefficient (Wildman–Crippen LogP) is 0.821. The maximum atomic E-state index is 10.9. The molecule has 0 saturated carbocycles. The molecule has 19 heavy (non-hydrogen) atoms. The third kappa shape index (κ3) is 2.90. The van der Waals surface area contributed by atoms with Crippen molar-refractivity contribution in [3.63, 3.8) is 0 Å². The van der Waals surface area contributed by atoms with Gasteiger partial charge in [-0.3, -0.25) is 24.5 Å². The Kier molecular flexibility index (Phi) is 3.47. The first kappa shape index (κ1) is 12.6. The van der Waals surface area contributed by atoms with E-state index in [0.29, 0.717) is 11.1 Å². The molecule has 2 amide bonds. The molecule has 0 aromatic heterocycles. The second kappa shape index (κ2) is 5.22. The summed E-state index contributed by atoms with van der Waals surface area (Å²) < 4.78 is 0. The second-order valence-corrected chi connectivity index (χ2v) is 3.80. The summed E-state index contributed by atoms with van der Waals surface area (Å²) in [5.74, 6) is -0.842. The number of carbonyl (C=O) groups excluding carboxylic acids is 4. The molecule has 0 bridgehead atoms. The highest BCUT2D eigenvalue weighted by Crippen LogP contribution is 2.13. The molecule has 0 saturated heterocycles. The lowest BCUT2D eigenvalue weighted by atomic mass is 10.1. The first-order valence-electron chi connectivity index (χ1n) is 5.47. The van der Waals surface area contributed by atoms with Crippen LogP contribution in [0.5, 0.6) is 0 Å². The molecule has 0 fully saturated rings. The van der Waals surface area contributed by atoms with Gasteiger partial charge < -0.3 is 0 Å². The molecule has 0 spiro atoms. The molecular weight excluding hydrogens is 246 g/mol. The molecule has 1 heterocycles. The maximum Gasteiger partial charge on any atom is 0.258 e. The lowest BCUT2D eigenvalue weighted by Crippen LogP contribution is -2.19. The molecule has 0 radical (unpaired) electrons. The van der Waals surface area contributed by atoms with Crippen molar-refractivity contribution in [2.75, 3.05) is 0 Å². The summed E-state index contributed by atoms with van der Waals surface area (Å²) in [6, 6.07) is 6.74. The normalized spacial score (nSPS) is 15.8. The fourth-order valence-corrected chi connectivity index (χ4v) is 1.56. The van der Waals surface area contributed by atoms with Crippen LogP contribution in [0.3, 0.4) is 0 Å². The van der Waals surface area contributed by atoms with E-state index in [4.69, 9.17) is 0 Å². The average Bonchev–Trinajstić information content (AvgIpc) is 2.70. The van der Waals surface area contributed by atoms with Crippen molar-refractivity contribution in [1.29, 1.82) is 0 Å². The molecule has 5 heteroatoms. The molecule has 5 nitrogen and oxygen atoms in total. The first-order valence-corrected chi connectivity index (χ1v) is 5.47. The van der Waals surface area contributed by atoms with E-state index in [1.54, 1.807) is 24.3 Å². The van der Waals surface area contributed by atoms with E-state index in [-0.39, 0.29) is 23.4 Å². The highest BCUT2D eigenvalue weighted by molar-refractivity contribution is 6.21. The van der Waals surface area contributed by atoms with Crippen molar-refractivity contribution in [3.8, 4) is 0 Å². The van der Waals surface area contributed by atoms with Gasteiger partial charge in [0.05, 0.1) is 11.1 Å². The Hall–Kier alpha value is -2.82. The van der Waals surface area contributed by atoms with Crippen LogP contribution in [0.1, 0.15) is 20.7 Å². The summed E-state index contributed by atoms with van der Waals surface area (Å²) in [6.07, 6.45) is 5.01. The maximum absolute atomic E-state index is 10.9. The minimum atomic E-state index is -0.300. The lowest BCUT2D eigenvalue weighted by molar-refractivity contribution is -0.113. The third-order valence-electron chi connectivity index (χ3n) is 2.47. The van der Waals surface area contributed by atoms with Gasteiger partial charge in [-0.15, -0.1) is 0 Å². The van der Waals surface area contributed by atoms with E-state index in [1.807, 2.05) is 0 Å². The Bertz CT molecular complexity index is 570. The van der Waals surface area contributed by atoms with Crippen molar-refractivity contribution < 1.29 is 19.2 Å². The van der Waals surface area contributed by atoms with Gasteiger partial charge in [-0.05, 0) is 36.4 Å². The number of imide groups is 1. The number of carbonyl (C=O) groups is 4. The Morgan fingerprint density at radius 1 is 0.632 bits per heavy atom. The lowest BCUT2D eigenvalue weighted by Gasteiger charge is -1.88. The molecule has 1 aliphatic heterocycles. The molecule has 1 N–H and O–H groups in total. The molecule has 1 aromatic carbocycles. The fraction of sp³-hybridized carbons (Fsp3) is 0. The smallest absolute Gasteiger partial charge is 0.258 e. The van der Waals surface area contributed by atoms with Gasteiger partial charge in [-0.1, -0.05) is 12.1 Å². The number of fused-ring (bicyclic) bond motifs is 1. The summed E-state index contributed by atoms with van der Waals surface area (Å²) >= 11 is 0. The molecule has 3 rings (SSSR count). The van der Waals surface area contributed by atoms with E-state index in [2.05, 4.69) is 5.32 Å². The minimum absolute atomic E-state index is 0.121. The number of ketones is 2. The van der Waals surface area contributed by atoms with E-state index >= 15 is 0 Å². The zero-order valence-electron chi connectivity index (χ0n) is 9.75. The predicted molar refractivity (Wildman–Crippen MR) is 66.5 cm³/mol.